The van der Waals surface area contributed by atoms with Crippen LogP contribution >= 0.6 is 11.8 Å². The van der Waals surface area contributed by atoms with Crippen LogP contribution in [-0.2, 0) is 56.5 Å². The number of aromatic nitrogens is 4. The minimum absolute atomic E-state index is 0.0898. The third-order valence-electron chi connectivity index (χ3n) is 14.3. The number of pyridine rings is 1. The van der Waals surface area contributed by atoms with E-state index in [1.54, 1.807) is 35.1 Å². The Kier molecular flexibility index (Phi) is 15.9. The fraction of sp³-hybridized carbons (Fsp3) is 0.385. The van der Waals surface area contributed by atoms with E-state index in [-0.39, 0.29) is 35.7 Å². The highest BCUT2D eigenvalue weighted by Crippen LogP contribution is 2.52. The molecule has 21 nitrogen and oxygen atoms in total. The fourth-order valence-electron chi connectivity index (χ4n) is 11.2. The van der Waals surface area contributed by atoms with Gasteiger partial charge in [-0.3, -0.25) is 43.8 Å². The number of aryl methyl sites for hydroxylation is 1. The van der Waals surface area contributed by atoms with E-state index in [9.17, 15) is 37.7 Å². The highest BCUT2D eigenvalue weighted by Gasteiger charge is 2.49. The summed E-state index contributed by atoms with van der Waals surface area (Å²) in [7, 11) is -2.52. The second-order valence-electron chi connectivity index (χ2n) is 19.8. The molecule has 3 aromatic carbocycles. The van der Waals surface area contributed by atoms with Crippen LogP contribution < -0.4 is 25.4 Å². The second kappa shape index (κ2) is 22.1. The quantitative estimate of drug-likeness (QED) is 0.0263. The summed E-state index contributed by atoms with van der Waals surface area (Å²) in [6.07, 6.45) is 9.96. The first-order chi connectivity index (χ1) is 35.8. The van der Waals surface area contributed by atoms with Gasteiger partial charge in [-0.1, -0.05) is 26.0 Å². The Bertz CT molecular complexity index is 3180. The van der Waals surface area contributed by atoms with Crippen LogP contribution in [-0.4, -0.2) is 112 Å². The van der Waals surface area contributed by atoms with Gasteiger partial charge in [0.05, 0.1) is 30.0 Å². The summed E-state index contributed by atoms with van der Waals surface area (Å²) in [5, 5.41) is 35.1. The van der Waals surface area contributed by atoms with E-state index in [1.165, 1.54) is 0 Å². The first-order valence-corrected chi connectivity index (χ1v) is 27.3. The standard InChI is InChI=1S/C51H57N11O8S2.CH2O2/c1-6-52-44-23-37(51(25-33(3)26-51)50-56-54-31-58(50)4)24-45(55-44)60-27-40-39(49(60)66)20-35(21-42(40)71-5)30-62(19-7-8-32(2)28-62)29-34-9-12-38(13-10-34)57-72(69,70)43-14-11-36(22-41(43)61(67)68)48(65)53-17-18-59-46(63)15-16-47(59)64;2-1-3/h9-16,20-24,31-33,57H,6-8,17-19,25-30H2,1-5H3,(H-,52,53,55,65);1H,(H,2,3)/t32-,33-,51+,62?;/m0./s1. The molecular weight excluding hydrogens is 1000 g/mol. The number of nitrogens with one attached hydrogen (secondary N) is 3. The Balaban J connectivity index is 0.00000243. The Morgan fingerprint density at radius 2 is 1.69 bits per heavy atom. The smallest absolute Gasteiger partial charge is 0.290 e. The molecule has 4 aliphatic rings. The molecule has 5 heterocycles. The van der Waals surface area contributed by atoms with E-state index in [4.69, 9.17) is 14.9 Å². The number of nitro groups is 1. The van der Waals surface area contributed by atoms with Gasteiger partial charge in [-0.05, 0) is 104 Å². The summed E-state index contributed by atoms with van der Waals surface area (Å²) < 4.78 is 32.5. The van der Waals surface area contributed by atoms with E-state index in [1.807, 2.05) is 36.9 Å². The van der Waals surface area contributed by atoms with Gasteiger partial charge in [-0.25, -0.2) is 13.4 Å². The number of piperidine rings is 1. The Hall–Kier alpha value is -7.50. The number of nitro benzene ring substituents is 1. The van der Waals surface area contributed by atoms with Gasteiger partial charge >= 0.3 is 0 Å². The summed E-state index contributed by atoms with van der Waals surface area (Å²) in [5.74, 6) is 1.28. The monoisotopic (exact) mass is 1060 g/mol. The molecule has 9 rings (SSSR count). The van der Waals surface area contributed by atoms with Gasteiger partial charge in [0.2, 0.25) is 0 Å². The molecule has 1 saturated carbocycles. The second-order valence-corrected chi connectivity index (χ2v) is 22.3. The molecule has 1 aliphatic carbocycles. The van der Waals surface area contributed by atoms with Crippen molar-refractivity contribution in [3.05, 3.63) is 135 Å². The molecule has 3 aliphatic heterocycles. The molecule has 2 atom stereocenters. The van der Waals surface area contributed by atoms with Gasteiger partial charge in [0, 0.05) is 90.1 Å². The Labute approximate surface area is 438 Å². The molecule has 75 heavy (non-hydrogen) atoms. The van der Waals surface area contributed by atoms with Crippen molar-refractivity contribution >= 4 is 74.9 Å². The maximum atomic E-state index is 14.7. The molecule has 1 unspecified atom stereocenters. The number of amides is 4. The summed E-state index contributed by atoms with van der Waals surface area (Å²) >= 11 is 1.63. The molecule has 0 bridgehead atoms. The number of sulfonamides is 1. The van der Waals surface area contributed by atoms with E-state index in [0.717, 1.165) is 111 Å². The molecule has 0 spiro atoms. The van der Waals surface area contributed by atoms with Crippen LogP contribution in [0.1, 0.15) is 95.2 Å². The number of imide groups is 1. The Morgan fingerprint density at radius 1 is 0.987 bits per heavy atom. The highest BCUT2D eigenvalue weighted by molar-refractivity contribution is 7.98. The lowest BCUT2D eigenvalue weighted by Gasteiger charge is -2.46. The van der Waals surface area contributed by atoms with Crippen molar-refractivity contribution in [1.29, 1.82) is 0 Å². The topological polar surface area (TPSA) is 272 Å². The molecule has 5 aromatic rings. The zero-order valence-corrected chi connectivity index (χ0v) is 43.9. The van der Waals surface area contributed by atoms with Crippen LogP contribution in [0.2, 0.25) is 0 Å². The van der Waals surface area contributed by atoms with Gasteiger partial charge in [-0.15, -0.1) is 22.0 Å². The van der Waals surface area contributed by atoms with Crippen molar-refractivity contribution in [3.8, 4) is 0 Å². The summed E-state index contributed by atoms with van der Waals surface area (Å²) in [4.78, 5) is 78.9. The van der Waals surface area contributed by atoms with Crippen LogP contribution in [0.25, 0.3) is 0 Å². The van der Waals surface area contributed by atoms with Gasteiger partial charge in [0.1, 0.15) is 36.9 Å². The molecule has 23 heteroatoms. The number of fused-ring (bicyclic) bond motifs is 1. The maximum Gasteiger partial charge on any atom is 0.290 e. The SMILES string of the molecule is CCNc1cc([C@]2(c3nncn3C)C[C@@H](C)C2)cc(N2Cc3c(SC)cc(C[N+]4(Cc5ccc(NS(=O)(=O)c6ccc(C(=O)NCCN7C(=O)C=CC7=O)cc6[N+](=O)[O-])cc5)CCC[C@H](C)C4)cc3C2=O)n1.O=C[O-]. The number of thioether (sulfide) groups is 1. The number of benzene rings is 3. The Morgan fingerprint density at radius 3 is 2.32 bits per heavy atom. The average molecular weight is 1060 g/mol. The van der Waals surface area contributed by atoms with Gasteiger partial charge < -0.3 is 29.6 Å². The van der Waals surface area contributed by atoms with Crippen LogP contribution in [0.4, 0.5) is 23.0 Å². The highest BCUT2D eigenvalue weighted by atomic mass is 32.2. The molecule has 0 radical (unpaired) electrons. The van der Waals surface area contributed by atoms with Crippen LogP contribution in [0.15, 0.2) is 95.0 Å². The summed E-state index contributed by atoms with van der Waals surface area (Å²) in [6.45, 7) is 10.0. The number of quaternary nitrogens is 1. The van der Waals surface area contributed by atoms with Gasteiger partial charge in [-0.2, -0.15) is 0 Å². The van der Waals surface area contributed by atoms with Gasteiger partial charge in [0.25, 0.3) is 39.3 Å². The molecule has 394 valence electrons. The molecule has 4 amide bonds. The third kappa shape index (κ3) is 11.3. The number of hydrogen-bond acceptors (Lipinski definition) is 15. The van der Waals surface area contributed by atoms with E-state index >= 15 is 0 Å². The molecular formula is C52H59N11O10S2. The van der Waals surface area contributed by atoms with Crippen LogP contribution in [0.3, 0.4) is 0 Å². The number of anilines is 3. The third-order valence-corrected chi connectivity index (χ3v) is 16.5. The lowest BCUT2D eigenvalue weighted by Crippen LogP contribution is -2.52. The summed E-state index contributed by atoms with van der Waals surface area (Å²) in [5.41, 5.74) is 3.63. The normalized spacial score (nSPS) is 21.0. The predicted molar refractivity (Wildman–Crippen MR) is 278 cm³/mol. The zero-order valence-electron chi connectivity index (χ0n) is 42.3. The number of nitrogens with zero attached hydrogens (tertiary/aromatic N) is 8. The average Bonchev–Trinajstić information content (AvgIpc) is 4.05. The lowest BCUT2D eigenvalue weighted by atomic mass is 9.58. The van der Waals surface area contributed by atoms with E-state index in [2.05, 4.69) is 63.7 Å². The van der Waals surface area contributed by atoms with Crippen LogP contribution in [0.5, 0.6) is 0 Å². The van der Waals surface area contributed by atoms with Crippen molar-refractivity contribution in [2.24, 2.45) is 18.9 Å². The van der Waals surface area contributed by atoms with Crippen LogP contribution in [0, 0.1) is 22.0 Å². The lowest BCUT2D eigenvalue weighted by molar-refractivity contribution is -0.960. The number of rotatable bonds is 18. The van der Waals surface area contributed by atoms with Crippen molar-refractivity contribution in [3.63, 3.8) is 0 Å². The number of carbonyl (C=O) groups excluding carboxylic acids is 5. The fourth-order valence-corrected chi connectivity index (χ4v) is 13.1. The van der Waals surface area contributed by atoms with Crippen molar-refractivity contribution in [2.75, 3.05) is 53.9 Å². The molecule has 1 saturated heterocycles. The van der Waals surface area contributed by atoms with Crippen molar-refractivity contribution in [2.45, 2.75) is 81.3 Å². The van der Waals surface area contributed by atoms with Crippen molar-refractivity contribution < 1.29 is 46.9 Å². The van der Waals surface area contributed by atoms with Crippen molar-refractivity contribution in [1.82, 2.24) is 30.0 Å². The largest absolute Gasteiger partial charge is 0.554 e. The zero-order chi connectivity index (χ0) is 53.8. The minimum Gasteiger partial charge on any atom is -0.554 e. The van der Waals surface area contributed by atoms with E-state index in [0.29, 0.717) is 55.2 Å². The molecule has 3 N–H and O–H groups in total. The molecule has 2 aromatic heterocycles. The minimum atomic E-state index is -4.50. The number of likely N-dealkylation sites (tertiary alicyclic amines) is 1. The van der Waals surface area contributed by atoms with Gasteiger partial charge in [0.15, 0.2) is 4.90 Å². The predicted octanol–water partition coefficient (Wildman–Crippen LogP) is 4.92. The van der Waals surface area contributed by atoms with E-state index < -0.39 is 49.7 Å². The molecule has 2 fully saturated rings. The number of hydrogen-bond donors (Lipinski definition) is 3. The number of carboxylic acid groups (broad SMARTS) is 1. The summed E-state index contributed by atoms with van der Waals surface area (Å²) in [6, 6.07) is 18.5. The number of carbonyl (C=O) groups is 5. The first kappa shape index (κ1) is 53.8. The maximum absolute atomic E-state index is 14.7. The first-order valence-electron chi connectivity index (χ1n) is 24.6.